The van der Waals surface area contributed by atoms with Crippen LogP contribution in [0.3, 0.4) is 0 Å². The van der Waals surface area contributed by atoms with Crippen molar-refractivity contribution in [2.75, 3.05) is 19.5 Å². The number of aliphatic carboxylic acids is 1. The number of carboxylic acids is 1. The number of para-hydroxylation sites is 1. The number of halogens is 1. The van der Waals surface area contributed by atoms with E-state index in [4.69, 9.17) is 14.6 Å². The molecule has 0 spiro atoms. The fraction of sp³-hybridized carbons (Fsp3) is 0.143. The standard InChI is InChI=1S/C21H18BrNO4S2/c1-3-8-27-20-14(22)9-13(10-16(20)26-2)11-18(28-12-19(24)25)21-23-15-6-4-5-7-17(15)29-21/h3-7,9-11H,1,8,12H2,2H3,(H,24,25)/b18-11-. The normalized spacial score (nSPS) is 11.4. The fourth-order valence-electron chi connectivity index (χ4n) is 2.54. The molecule has 5 nitrogen and oxygen atoms in total. The number of carboxylic acid groups (broad SMARTS) is 1. The highest BCUT2D eigenvalue weighted by Crippen LogP contribution is 2.40. The topological polar surface area (TPSA) is 68.7 Å². The Labute approximate surface area is 185 Å². The monoisotopic (exact) mass is 491 g/mol. The quantitative estimate of drug-likeness (QED) is 0.373. The molecule has 3 aromatic rings. The summed E-state index contributed by atoms with van der Waals surface area (Å²) in [5.74, 6) is 0.221. The maximum Gasteiger partial charge on any atom is 0.313 e. The number of carbonyl (C=O) groups is 1. The van der Waals surface area contributed by atoms with Gasteiger partial charge in [0.25, 0.3) is 0 Å². The molecule has 8 heteroatoms. The number of fused-ring (bicyclic) bond motifs is 1. The summed E-state index contributed by atoms with van der Waals surface area (Å²) >= 11 is 6.29. The van der Waals surface area contributed by atoms with Crippen LogP contribution in [0.4, 0.5) is 0 Å². The Morgan fingerprint density at radius 1 is 1.38 bits per heavy atom. The van der Waals surface area contributed by atoms with Crippen LogP contribution in [0.2, 0.25) is 0 Å². The number of hydrogen-bond acceptors (Lipinski definition) is 6. The lowest BCUT2D eigenvalue weighted by Gasteiger charge is -2.13. The van der Waals surface area contributed by atoms with Crippen LogP contribution in [-0.4, -0.2) is 35.5 Å². The molecule has 150 valence electrons. The third-order valence-corrected chi connectivity index (χ3v) is 6.55. The highest BCUT2D eigenvalue weighted by Gasteiger charge is 2.15. The summed E-state index contributed by atoms with van der Waals surface area (Å²) in [5, 5.41) is 9.92. The van der Waals surface area contributed by atoms with Gasteiger partial charge in [-0.25, -0.2) is 4.98 Å². The van der Waals surface area contributed by atoms with Crippen LogP contribution in [0.5, 0.6) is 11.5 Å². The summed E-state index contributed by atoms with van der Waals surface area (Å²) in [6.45, 7) is 4.01. The van der Waals surface area contributed by atoms with Gasteiger partial charge in [0, 0.05) is 4.91 Å². The van der Waals surface area contributed by atoms with Gasteiger partial charge in [-0.2, -0.15) is 0 Å². The lowest BCUT2D eigenvalue weighted by Crippen LogP contribution is -1.99. The third kappa shape index (κ3) is 5.41. The van der Waals surface area contributed by atoms with Crippen molar-refractivity contribution in [2.45, 2.75) is 0 Å². The smallest absolute Gasteiger partial charge is 0.313 e. The van der Waals surface area contributed by atoms with Gasteiger partial charge in [0.1, 0.15) is 11.6 Å². The molecule has 0 aliphatic rings. The molecule has 0 aliphatic carbocycles. The molecule has 0 bridgehead atoms. The molecule has 0 amide bonds. The molecule has 29 heavy (non-hydrogen) atoms. The first-order valence-corrected chi connectivity index (χ1v) is 11.1. The zero-order valence-corrected chi connectivity index (χ0v) is 18.8. The maximum absolute atomic E-state index is 11.1. The molecule has 0 saturated heterocycles. The van der Waals surface area contributed by atoms with E-state index in [1.54, 1.807) is 13.2 Å². The fourth-order valence-corrected chi connectivity index (χ4v) is 4.96. The van der Waals surface area contributed by atoms with Crippen molar-refractivity contribution in [3.63, 3.8) is 0 Å². The van der Waals surface area contributed by atoms with Crippen LogP contribution in [0.25, 0.3) is 21.2 Å². The van der Waals surface area contributed by atoms with Crippen LogP contribution < -0.4 is 9.47 Å². The van der Waals surface area contributed by atoms with Gasteiger partial charge in [-0.15, -0.1) is 23.1 Å². The summed E-state index contributed by atoms with van der Waals surface area (Å²) in [7, 11) is 1.57. The molecule has 0 unspecified atom stereocenters. The first-order chi connectivity index (χ1) is 14.0. The van der Waals surface area contributed by atoms with Gasteiger partial charge in [-0.3, -0.25) is 4.79 Å². The minimum atomic E-state index is -0.881. The van der Waals surface area contributed by atoms with E-state index in [0.29, 0.717) is 18.1 Å². The average Bonchev–Trinajstić information content (AvgIpc) is 3.13. The van der Waals surface area contributed by atoms with Crippen molar-refractivity contribution in [3.05, 3.63) is 64.1 Å². The van der Waals surface area contributed by atoms with E-state index in [0.717, 1.165) is 30.2 Å². The summed E-state index contributed by atoms with van der Waals surface area (Å²) in [5.41, 5.74) is 1.73. The highest BCUT2D eigenvalue weighted by atomic mass is 79.9. The van der Waals surface area contributed by atoms with E-state index in [9.17, 15) is 4.79 Å². The van der Waals surface area contributed by atoms with E-state index < -0.39 is 5.97 Å². The molecule has 0 atom stereocenters. The number of aromatic nitrogens is 1. The number of thioether (sulfide) groups is 1. The van der Waals surface area contributed by atoms with Gasteiger partial charge in [-0.05, 0) is 51.8 Å². The first-order valence-electron chi connectivity index (χ1n) is 8.55. The van der Waals surface area contributed by atoms with Crippen molar-refractivity contribution in [2.24, 2.45) is 0 Å². The molecule has 0 aliphatic heterocycles. The van der Waals surface area contributed by atoms with Crippen molar-refractivity contribution >= 4 is 66.2 Å². The van der Waals surface area contributed by atoms with Crippen molar-refractivity contribution < 1.29 is 19.4 Å². The molecule has 0 fully saturated rings. The molecule has 0 radical (unpaired) electrons. The van der Waals surface area contributed by atoms with Crippen molar-refractivity contribution in [1.82, 2.24) is 4.98 Å². The Kier molecular flexibility index (Phi) is 7.35. The van der Waals surface area contributed by atoms with Crippen LogP contribution in [0, 0.1) is 0 Å². The lowest BCUT2D eigenvalue weighted by atomic mass is 10.2. The van der Waals surface area contributed by atoms with Gasteiger partial charge in [0.05, 0.1) is 27.6 Å². The Morgan fingerprint density at radius 3 is 2.86 bits per heavy atom. The van der Waals surface area contributed by atoms with E-state index in [-0.39, 0.29) is 5.75 Å². The zero-order chi connectivity index (χ0) is 20.8. The Hall–Kier alpha value is -2.29. The van der Waals surface area contributed by atoms with Crippen LogP contribution in [0.1, 0.15) is 10.6 Å². The molecule has 0 saturated carbocycles. The molecular formula is C21H18BrNO4S2. The predicted octanol–water partition coefficient (Wildman–Crippen LogP) is 5.95. The van der Waals surface area contributed by atoms with E-state index in [2.05, 4.69) is 27.5 Å². The number of benzene rings is 2. The Bertz CT molecular complexity index is 1040. The van der Waals surface area contributed by atoms with E-state index >= 15 is 0 Å². The van der Waals surface area contributed by atoms with Crippen molar-refractivity contribution in [3.8, 4) is 11.5 Å². The maximum atomic E-state index is 11.1. The minimum absolute atomic E-state index is 0.0550. The number of methoxy groups -OCH3 is 1. The summed E-state index contributed by atoms with van der Waals surface area (Å²) in [6, 6.07) is 11.6. The SMILES string of the molecule is C=CCOc1c(Br)cc(/C=C(\SCC(=O)O)c2nc3ccccc3s2)cc1OC. The van der Waals surface area contributed by atoms with Gasteiger partial charge in [0.2, 0.25) is 0 Å². The summed E-state index contributed by atoms with van der Waals surface area (Å²) in [6.07, 6.45) is 3.57. The van der Waals surface area contributed by atoms with E-state index in [1.807, 2.05) is 42.5 Å². The third-order valence-electron chi connectivity index (χ3n) is 3.75. The lowest BCUT2D eigenvalue weighted by molar-refractivity contribution is -0.133. The summed E-state index contributed by atoms with van der Waals surface area (Å²) in [4.78, 5) is 16.6. The number of hydrogen-bond donors (Lipinski definition) is 1. The first kappa shape index (κ1) is 21.4. The zero-order valence-electron chi connectivity index (χ0n) is 15.6. The predicted molar refractivity (Wildman–Crippen MR) is 124 cm³/mol. The molecule has 1 aromatic heterocycles. The second kappa shape index (κ2) is 9.96. The number of rotatable bonds is 9. The Morgan fingerprint density at radius 2 is 2.17 bits per heavy atom. The van der Waals surface area contributed by atoms with Crippen molar-refractivity contribution in [1.29, 1.82) is 0 Å². The average molecular weight is 492 g/mol. The van der Waals surface area contributed by atoms with Crippen LogP contribution >= 0.6 is 39.0 Å². The molecular weight excluding hydrogens is 474 g/mol. The van der Waals surface area contributed by atoms with Gasteiger partial charge < -0.3 is 14.6 Å². The molecule has 1 heterocycles. The van der Waals surface area contributed by atoms with Gasteiger partial charge >= 0.3 is 5.97 Å². The Balaban J connectivity index is 2.03. The van der Waals surface area contributed by atoms with Gasteiger partial charge in [0.15, 0.2) is 11.5 Å². The second-order valence-corrected chi connectivity index (χ2v) is 8.71. The molecule has 1 N–H and O–H groups in total. The molecule has 2 aromatic carbocycles. The second-order valence-electron chi connectivity index (χ2n) is 5.81. The number of nitrogens with zero attached hydrogens (tertiary/aromatic N) is 1. The number of ether oxygens (including phenoxy) is 2. The van der Waals surface area contributed by atoms with Gasteiger partial charge in [-0.1, -0.05) is 24.8 Å². The van der Waals surface area contributed by atoms with E-state index in [1.165, 1.54) is 23.1 Å². The minimum Gasteiger partial charge on any atom is -0.493 e. The molecule has 3 rings (SSSR count). The highest BCUT2D eigenvalue weighted by molar-refractivity contribution is 9.10. The summed E-state index contributed by atoms with van der Waals surface area (Å²) < 4.78 is 12.9. The number of thiazole rings is 1. The van der Waals surface area contributed by atoms with Crippen LogP contribution in [-0.2, 0) is 4.79 Å². The van der Waals surface area contributed by atoms with Crippen LogP contribution in [0.15, 0.2) is 53.5 Å². The largest absolute Gasteiger partial charge is 0.493 e.